The highest BCUT2D eigenvalue weighted by molar-refractivity contribution is 7.80. The summed E-state index contributed by atoms with van der Waals surface area (Å²) in [5.41, 5.74) is 5.94. The largest absolute Gasteiger partial charge is 0.378 e. The standard InChI is InChI=1S/C18H23N3S/c1-13-9-14(2)11-15(10-13)12-19-18(22)20-16-5-7-17(8-6-16)21(3)4/h5-11H,12H2,1-4H3,(H2,19,20,22). The van der Waals surface area contributed by atoms with E-state index in [0.717, 1.165) is 12.2 Å². The normalized spacial score (nSPS) is 10.2. The van der Waals surface area contributed by atoms with Crippen molar-refractivity contribution in [3.63, 3.8) is 0 Å². The Morgan fingerprint density at radius 1 is 1.00 bits per heavy atom. The molecule has 0 aliphatic carbocycles. The SMILES string of the molecule is Cc1cc(C)cc(CNC(=S)Nc2ccc(N(C)C)cc2)c1. The number of thiocarbonyl (C=S) groups is 1. The minimum Gasteiger partial charge on any atom is -0.378 e. The zero-order valence-electron chi connectivity index (χ0n) is 13.6. The summed E-state index contributed by atoms with van der Waals surface area (Å²) in [7, 11) is 4.05. The van der Waals surface area contributed by atoms with Crippen LogP contribution >= 0.6 is 12.2 Å². The van der Waals surface area contributed by atoms with Gasteiger partial charge in [-0.25, -0.2) is 0 Å². The second kappa shape index (κ2) is 7.27. The Balaban J connectivity index is 1.90. The van der Waals surface area contributed by atoms with Gasteiger partial charge in [0, 0.05) is 32.0 Å². The lowest BCUT2D eigenvalue weighted by molar-refractivity contribution is 0.921. The first-order valence-electron chi connectivity index (χ1n) is 7.33. The summed E-state index contributed by atoms with van der Waals surface area (Å²) < 4.78 is 0. The fourth-order valence-electron chi connectivity index (χ4n) is 2.37. The van der Waals surface area contributed by atoms with Gasteiger partial charge in [-0.1, -0.05) is 29.3 Å². The zero-order valence-corrected chi connectivity index (χ0v) is 14.4. The van der Waals surface area contributed by atoms with Crippen LogP contribution in [0.5, 0.6) is 0 Å². The number of aryl methyl sites for hydroxylation is 2. The third kappa shape index (κ3) is 4.74. The molecule has 0 heterocycles. The van der Waals surface area contributed by atoms with E-state index in [2.05, 4.69) is 59.7 Å². The molecule has 0 aliphatic rings. The van der Waals surface area contributed by atoms with Crippen LogP contribution in [0.25, 0.3) is 0 Å². The summed E-state index contributed by atoms with van der Waals surface area (Å²) in [4.78, 5) is 2.07. The molecule has 0 aromatic heterocycles. The van der Waals surface area contributed by atoms with Crippen LogP contribution in [-0.2, 0) is 6.54 Å². The molecule has 0 saturated carbocycles. The second-order valence-corrected chi connectivity index (χ2v) is 6.15. The Bertz CT molecular complexity index is 628. The molecule has 0 atom stereocenters. The minimum atomic E-state index is 0.636. The van der Waals surface area contributed by atoms with Gasteiger partial charge in [0.05, 0.1) is 0 Å². The van der Waals surface area contributed by atoms with E-state index in [9.17, 15) is 0 Å². The third-order valence-electron chi connectivity index (χ3n) is 3.38. The van der Waals surface area contributed by atoms with Gasteiger partial charge in [0.1, 0.15) is 0 Å². The highest BCUT2D eigenvalue weighted by Gasteiger charge is 2.01. The summed E-state index contributed by atoms with van der Waals surface area (Å²) in [6.07, 6.45) is 0. The molecule has 4 heteroatoms. The van der Waals surface area contributed by atoms with Gasteiger partial charge in [0.2, 0.25) is 0 Å². The molecular weight excluding hydrogens is 290 g/mol. The molecule has 0 fully saturated rings. The van der Waals surface area contributed by atoms with Gasteiger partial charge in [0.15, 0.2) is 5.11 Å². The van der Waals surface area contributed by atoms with Gasteiger partial charge in [-0.15, -0.1) is 0 Å². The van der Waals surface area contributed by atoms with Gasteiger partial charge in [0.25, 0.3) is 0 Å². The van der Waals surface area contributed by atoms with Crippen LogP contribution in [0.4, 0.5) is 11.4 Å². The quantitative estimate of drug-likeness (QED) is 0.838. The van der Waals surface area contributed by atoms with Crippen LogP contribution in [0, 0.1) is 13.8 Å². The van der Waals surface area contributed by atoms with Crippen molar-refractivity contribution in [2.75, 3.05) is 24.3 Å². The monoisotopic (exact) mass is 313 g/mol. The van der Waals surface area contributed by atoms with Gasteiger partial charge in [-0.3, -0.25) is 0 Å². The maximum Gasteiger partial charge on any atom is 0.171 e. The fraction of sp³-hybridized carbons (Fsp3) is 0.278. The first-order valence-corrected chi connectivity index (χ1v) is 7.74. The highest BCUT2D eigenvalue weighted by atomic mass is 32.1. The molecule has 0 unspecified atom stereocenters. The van der Waals surface area contributed by atoms with E-state index in [4.69, 9.17) is 12.2 Å². The molecule has 2 aromatic carbocycles. The van der Waals surface area contributed by atoms with Crippen LogP contribution in [0.3, 0.4) is 0 Å². The molecule has 0 spiro atoms. The lowest BCUT2D eigenvalue weighted by atomic mass is 10.1. The molecule has 116 valence electrons. The number of rotatable bonds is 4. The van der Waals surface area contributed by atoms with Crippen LogP contribution in [0.15, 0.2) is 42.5 Å². The summed E-state index contributed by atoms with van der Waals surface area (Å²) >= 11 is 5.35. The maximum absolute atomic E-state index is 5.35. The Morgan fingerprint density at radius 2 is 1.59 bits per heavy atom. The molecule has 2 rings (SSSR count). The van der Waals surface area contributed by atoms with Gasteiger partial charge in [-0.05, 0) is 55.9 Å². The molecule has 0 saturated heterocycles. The summed E-state index contributed by atoms with van der Waals surface area (Å²) in [5, 5.41) is 7.09. The van der Waals surface area contributed by atoms with Crippen molar-refractivity contribution in [3.8, 4) is 0 Å². The number of nitrogens with one attached hydrogen (secondary N) is 2. The van der Waals surface area contributed by atoms with E-state index in [1.807, 2.05) is 26.2 Å². The van der Waals surface area contributed by atoms with Crippen LogP contribution in [0.2, 0.25) is 0 Å². The Hall–Kier alpha value is -2.07. The van der Waals surface area contributed by atoms with Crippen molar-refractivity contribution in [1.82, 2.24) is 5.32 Å². The molecule has 22 heavy (non-hydrogen) atoms. The topological polar surface area (TPSA) is 27.3 Å². The van der Waals surface area contributed by atoms with Crippen molar-refractivity contribution < 1.29 is 0 Å². The molecule has 2 aromatic rings. The van der Waals surface area contributed by atoms with Crippen molar-refractivity contribution in [2.24, 2.45) is 0 Å². The average Bonchev–Trinajstić information content (AvgIpc) is 2.45. The van der Waals surface area contributed by atoms with Gasteiger partial charge >= 0.3 is 0 Å². The lowest BCUT2D eigenvalue weighted by Crippen LogP contribution is -2.27. The molecule has 0 bridgehead atoms. The number of hydrogen-bond acceptors (Lipinski definition) is 2. The number of hydrogen-bond donors (Lipinski definition) is 2. The Kier molecular flexibility index (Phi) is 5.39. The van der Waals surface area contributed by atoms with E-state index >= 15 is 0 Å². The van der Waals surface area contributed by atoms with Crippen molar-refractivity contribution in [1.29, 1.82) is 0 Å². The number of nitrogens with zero attached hydrogens (tertiary/aromatic N) is 1. The molecular formula is C18H23N3S. The first kappa shape index (κ1) is 16.3. The average molecular weight is 313 g/mol. The van der Waals surface area contributed by atoms with Gasteiger partial charge in [-0.2, -0.15) is 0 Å². The molecule has 0 radical (unpaired) electrons. The minimum absolute atomic E-state index is 0.636. The van der Waals surface area contributed by atoms with Crippen LogP contribution in [0.1, 0.15) is 16.7 Å². The zero-order chi connectivity index (χ0) is 16.1. The Morgan fingerprint density at radius 3 is 2.14 bits per heavy atom. The van der Waals surface area contributed by atoms with Crippen molar-refractivity contribution in [2.45, 2.75) is 20.4 Å². The van der Waals surface area contributed by atoms with Crippen molar-refractivity contribution >= 4 is 28.7 Å². The molecule has 2 N–H and O–H groups in total. The van der Waals surface area contributed by atoms with E-state index in [-0.39, 0.29) is 0 Å². The van der Waals surface area contributed by atoms with E-state index in [1.165, 1.54) is 22.4 Å². The van der Waals surface area contributed by atoms with Crippen LogP contribution < -0.4 is 15.5 Å². The van der Waals surface area contributed by atoms with Gasteiger partial charge < -0.3 is 15.5 Å². The lowest BCUT2D eigenvalue weighted by Gasteiger charge is -2.14. The Labute approximate surface area is 138 Å². The second-order valence-electron chi connectivity index (χ2n) is 5.74. The van der Waals surface area contributed by atoms with Crippen molar-refractivity contribution in [3.05, 3.63) is 59.2 Å². The summed E-state index contributed by atoms with van der Waals surface area (Å²) in [6.45, 7) is 4.95. The highest BCUT2D eigenvalue weighted by Crippen LogP contribution is 2.15. The third-order valence-corrected chi connectivity index (χ3v) is 3.62. The molecule has 3 nitrogen and oxygen atoms in total. The maximum atomic E-state index is 5.35. The van der Waals surface area contributed by atoms with E-state index in [0.29, 0.717) is 5.11 Å². The number of anilines is 2. The van der Waals surface area contributed by atoms with Crippen LogP contribution in [-0.4, -0.2) is 19.2 Å². The molecule has 0 aliphatic heterocycles. The predicted molar refractivity (Wildman–Crippen MR) is 99.7 cm³/mol. The van der Waals surface area contributed by atoms with E-state index in [1.54, 1.807) is 0 Å². The predicted octanol–water partition coefficient (Wildman–Crippen LogP) is 3.86. The fourth-order valence-corrected chi connectivity index (χ4v) is 2.56. The number of benzene rings is 2. The summed E-state index contributed by atoms with van der Waals surface area (Å²) in [6, 6.07) is 14.7. The van der Waals surface area contributed by atoms with E-state index < -0.39 is 0 Å². The molecule has 0 amide bonds. The summed E-state index contributed by atoms with van der Waals surface area (Å²) in [5.74, 6) is 0. The first-order chi connectivity index (χ1) is 10.4. The smallest absolute Gasteiger partial charge is 0.171 e.